The maximum Gasteiger partial charge on any atom is 0.286 e. The van der Waals surface area contributed by atoms with Gasteiger partial charge in [0, 0.05) is 12.1 Å². The highest BCUT2D eigenvalue weighted by molar-refractivity contribution is 5.99. The zero-order valence-corrected chi connectivity index (χ0v) is 16.8. The van der Waals surface area contributed by atoms with Crippen molar-refractivity contribution in [1.82, 2.24) is 5.32 Å². The quantitative estimate of drug-likeness (QED) is 0.563. The van der Waals surface area contributed by atoms with Crippen LogP contribution < -0.4 is 14.8 Å². The van der Waals surface area contributed by atoms with Crippen molar-refractivity contribution in [2.75, 3.05) is 14.2 Å². The smallest absolute Gasteiger partial charge is 0.286 e. The van der Waals surface area contributed by atoms with E-state index in [9.17, 15) is 14.9 Å². The minimum atomic E-state index is -0.572. The van der Waals surface area contributed by atoms with Gasteiger partial charge in [0.05, 0.1) is 25.2 Å². The van der Waals surface area contributed by atoms with E-state index in [0.29, 0.717) is 17.1 Å². The van der Waals surface area contributed by atoms with Crippen molar-refractivity contribution >= 4 is 11.6 Å². The fourth-order valence-electron chi connectivity index (χ4n) is 3.77. The Morgan fingerprint density at radius 2 is 1.74 bits per heavy atom. The largest absolute Gasteiger partial charge is 0.493 e. The molecule has 1 aromatic rings. The molecule has 0 atom stereocenters. The van der Waals surface area contributed by atoms with Crippen molar-refractivity contribution in [3.05, 3.63) is 27.8 Å². The molecule has 7 nitrogen and oxygen atoms in total. The number of carbonyl (C=O) groups excluding carboxylic acids is 1. The van der Waals surface area contributed by atoms with E-state index in [1.54, 1.807) is 0 Å². The molecule has 7 heteroatoms. The molecule has 0 bridgehead atoms. The van der Waals surface area contributed by atoms with Crippen LogP contribution in [0.1, 0.15) is 63.2 Å². The van der Waals surface area contributed by atoms with Crippen LogP contribution >= 0.6 is 0 Å². The van der Waals surface area contributed by atoms with Crippen LogP contribution in [0.5, 0.6) is 11.5 Å². The van der Waals surface area contributed by atoms with Gasteiger partial charge in [0.2, 0.25) is 0 Å². The van der Waals surface area contributed by atoms with Gasteiger partial charge in [-0.05, 0) is 37.0 Å². The van der Waals surface area contributed by atoms with Crippen LogP contribution in [0.2, 0.25) is 0 Å². The van der Waals surface area contributed by atoms with Gasteiger partial charge in [-0.3, -0.25) is 14.9 Å². The van der Waals surface area contributed by atoms with Gasteiger partial charge in [-0.15, -0.1) is 0 Å². The first kappa shape index (κ1) is 21.0. The number of amides is 1. The number of carbonyl (C=O) groups is 1. The number of methoxy groups -OCH3 is 2. The highest BCUT2D eigenvalue weighted by Gasteiger charge is 2.33. The topological polar surface area (TPSA) is 90.7 Å². The zero-order chi connectivity index (χ0) is 20.2. The lowest BCUT2D eigenvalue weighted by Crippen LogP contribution is -2.40. The average Bonchev–Trinajstić information content (AvgIpc) is 2.67. The number of rotatable bonds is 7. The first-order valence-electron chi connectivity index (χ1n) is 9.44. The van der Waals surface area contributed by atoms with Crippen LogP contribution in [0.4, 0.5) is 5.69 Å². The summed E-state index contributed by atoms with van der Waals surface area (Å²) in [6.07, 6.45) is 5.02. The second-order valence-corrected chi connectivity index (χ2v) is 7.85. The van der Waals surface area contributed by atoms with Crippen molar-refractivity contribution < 1.29 is 19.2 Å². The Kier molecular flexibility index (Phi) is 6.68. The lowest BCUT2D eigenvalue weighted by atomic mass is 9.69. The third-order valence-corrected chi connectivity index (χ3v) is 6.02. The molecule has 0 spiro atoms. The van der Waals surface area contributed by atoms with E-state index in [1.165, 1.54) is 26.4 Å². The lowest BCUT2D eigenvalue weighted by Gasteiger charge is -2.39. The molecule has 0 heterocycles. The second kappa shape index (κ2) is 8.59. The number of hydrogen-bond acceptors (Lipinski definition) is 5. The second-order valence-electron chi connectivity index (χ2n) is 7.85. The van der Waals surface area contributed by atoms with Gasteiger partial charge in [-0.2, -0.15) is 0 Å². The van der Waals surface area contributed by atoms with E-state index in [4.69, 9.17) is 9.47 Å². The first-order valence-corrected chi connectivity index (χ1v) is 9.44. The van der Waals surface area contributed by atoms with Gasteiger partial charge >= 0.3 is 0 Å². The van der Waals surface area contributed by atoms with Gasteiger partial charge in [0.1, 0.15) is 5.56 Å². The Labute approximate surface area is 160 Å². The van der Waals surface area contributed by atoms with Crippen LogP contribution in [0, 0.1) is 21.4 Å². The first-order chi connectivity index (χ1) is 12.7. The number of hydrogen-bond donors (Lipinski definition) is 1. The molecular formula is C20H30N2O5. The highest BCUT2D eigenvalue weighted by Crippen LogP contribution is 2.40. The van der Waals surface area contributed by atoms with E-state index >= 15 is 0 Å². The number of benzene rings is 1. The van der Waals surface area contributed by atoms with E-state index in [0.717, 1.165) is 32.1 Å². The van der Waals surface area contributed by atoms with Crippen LogP contribution in [0.3, 0.4) is 0 Å². The Bertz CT molecular complexity index is 694. The molecule has 150 valence electrons. The van der Waals surface area contributed by atoms with Crippen molar-refractivity contribution in [3.8, 4) is 11.5 Å². The fraction of sp³-hybridized carbons (Fsp3) is 0.650. The fourth-order valence-corrected chi connectivity index (χ4v) is 3.77. The molecule has 0 radical (unpaired) electrons. The Morgan fingerprint density at radius 1 is 1.19 bits per heavy atom. The molecule has 1 aliphatic rings. The SMILES string of the molecule is CCC(C)(C)C1CCC(NC(=O)c2cc(OC)c(OC)cc2[N+](=O)[O-])CC1. The van der Waals surface area contributed by atoms with Crippen molar-refractivity contribution in [2.24, 2.45) is 11.3 Å². The maximum atomic E-state index is 12.7. The van der Waals surface area contributed by atoms with E-state index < -0.39 is 10.8 Å². The van der Waals surface area contributed by atoms with Crippen LogP contribution in [0.15, 0.2) is 12.1 Å². The third-order valence-electron chi connectivity index (χ3n) is 6.02. The summed E-state index contributed by atoms with van der Waals surface area (Å²) < 4.78 is 10.3. The van der Waals surface area contributed by atoms with Gasteiger partial charge < -0.3 is 14.8 Å². The molecule has 1 aromatic carbocycles. The van der Waals surface area contributed by atoms with E-state index in [1.807, 2.05) is 0 Å². The van der Waals surface area contributed by atoms with Gasteiger partial charge in [0.15, 0.2) is 11.5 Å². The molecule has 0 unspecified atom stereocenters. The summed E-state index contributed by atoms with van der Waals surface area (Å²) in [7, 11) is 2.83. The molecule has 1 saturated carbocycles. The van der Waals surface area contributed by atoms with E-state index in [-0.39, 0.29) is 23.0 Å². The zero-order valence-electron chi connectivity index (χ0n) is 16.8. The van der Waals surface area contributed by atoms with Gasteiger partial charge in [-0.1, -0.05) is 27.2 Å². The number of nitro benzene ring substituents is 1. The molecule has 1 fully saturated rings. The molecule has 2 rings (SSSR count). The molecule has 1 aliphatic carbocycles. The Morgan fingerprint density at radius 3 is 2.22 bits per heavy atom. The summed E-state index contributed by atoms with van der Waals surface area (Å²) in [5, 5.41) is 14.4. The standard InChI is InChI=1S/C20H30N2O5/c1-6-20(2,3)13-7-9-14(10-8-13)21-19(23)15-11-17(26-4)18(27-5)12-16(15)22(24)25/h11-14H,6-10H2,1-5H3,(H,21,23). The Hall–Kier alpha value is -2.31. The lowest BCUT2D eigenvalue weighted by molar-refractivity contribution is -0.385. The van der Waals surface area contributed by atoms with E-state index in [2.05, 4.69) is 26.1 Å². The summed E-state index contributed by atoms with van der Waals surface area (Å²) in [6, 6.07) is 2.64. The summed E-state index contributed by atoms with van der Waals surface area (Å²) in [4.78, 5) is 23.6. The molecule has 1 amide bonds. The van der Waals surface area contributed by atoms with Crippen molar-refractivity contribution in [1.29, 1.82) is 0 Å². The maximum absolute atomic E-state index is 12.7. The Balaban J connectivity index is 2.13. The number of nitrogens with one attached hydrogen (secondary N) is 1. The normalized spacial score (nSPS) is 20.0. The summed E-state index contributed by atoms with van der Waals surface area (Å²) in [5.41, 5.74) is 0.0107. The molecular weight excluding hydrogens is 348 g/mol. The van der Waals surface area contributed by atoms with Gasteiger partial charge in [0.25, 0.3) is 11.6 Å². The molecule has 27 heavy (non-hydrogen) atoms. The number of ether oxygens (including phenoxy) is 2. The summed E-state index contributed by atoms with van der Waals surface area (Å²) in [5.74, 6) is 0.719. The third kappa shape index (κ3) is 4.70. The number of nitrogens with zero attached hydrogens (tertiary/aromatic N) is 1. The summed E-state index contributed by atoms with van der Waals surface area (Å²) >= 11 is 0. The monoisotopic (exact) mass is 378 g/mol. The van der Waals surface area contributed by atoms with Crippen molar-refractivity contribution in [3.63, 3.8) is 0 Å². The molecule has 0 aromatic heterocycles. The minimum absolute atomic E-state index is 0.00587. The number of nitro groups is 1. The minimum Gasteiger partial charge on any atom is -0.493 e. The van der Waals surface area contributed by atoms with Crippen molar-refractivity contribution in [2.45, 2.75) is 58.9 Å². The molecule has 1 N–H and O–H groups in total. The summed E-state index contributed by atoms with van der Waals surface area (Å²) in [6.45, 7) is 6.80. The van der Waals surface area contributed by atoms with Gasteiger partial charge in [-0.25, -0.2) is 0 Å². The molecule has 0 aliphatic heterocycles. The van der Waals surface area contributed by atoms with Crippen LogP contribution in [-0.2, 0) is 0 Å². The predicted octanol–water partition coefficient (Wildman–Crippen LogP) is 4.34. The molecule has 0 saturated heterocycles. The predicted molar refractivity (Wildman–Crippen MR) is 103 cm³/mol. The van der Waals surface area contributed by atoms with Crippen LogP contribution in [-0.4, -0.2) is 31.1 Å². The highest BCUT2D eigenvalue weighted by atomic mass is 16.6. The average molecular weight is 378 g/mol. The van der Waals surface area contributed by atoms with Crippen LogP contribution in [0.25, 0.3) is 0 Å².